The summed E-state index contributed by atoms with van der Waals surface area (Å²) in [5.74, 6) is -0.409. The van der Waals surface area contributed by atoms with Crippen LogP contribution in [0.2, 0.25) is 0 Å². The van der Waals surface area contributed by atoms with Crippen LogP contribution in [-0.2, 0) is 21.5 Å². The van der Waals surface area contributed by atoms with Gasteiger partial charge in [-0.25, -0.2) is 0 Å². The van der Waals surface area contributed by atoms with Gasteiger partial charge in [-0.05, 0) is 56.0 Å². The molecule has 3 aliphatic rings. The Morgan fingerprint density at radius 1 is 1.21 bits per heavy atom. The highest BCUT2D eigenvalue weighted by Crippen LogP contribution is 2.56. The Kier molecular flexibility index (Phi) is 4.24. The summed E-state index contributed by atoms with van der Waals surface area (Å²) in [6.07, 6.45) is 3.78. The molecule has 3 heterocycles. The number of rotatable bonds is 3. The minimum atomic E-state index is -0.876. The van der Waals surface area contributed by atoms with E-state index >= 15 is 0 Å². The largest absolute Gasteiger partial charge is 0.326 e. The number of hydrogen-bond donors (Lipinski definition) is 1. The van der Waals surface area contributed by atoms with E-state index < -0.39 is 11.5 Å². The van der Waals surface area contributed by atoms with Crippen LogP contribution < -0.4 is 10.2 Å². The van der Waals surface area contributed by atoms with Crippen molar-refractivity contribution < 1.29 is 9.59 Å². The van der Waals surface area contributed by atoms with Crippen molar-refractivity contribution in [2.75, 3.05) is 23.8 Å². The van der Waals surface area contributed by atoms with Crippen molar-refractivity contribution in [1.29, 1.82) is 0 Å². The number of para-hydroxylation sites is 1. The van der Waals surface area contributed by atoms with Crippen LogP contribution in [-0.4, -0.2) is 36.3 Å². The summed E-state index contributed by atoms with van der Waals surface area (Å²) in [6.45, 7) is 2.97. The molecule has 0 saturated carbocycles. The molecule has 3 unspecified atom stereocenters. The molecule has 5 rings (SSSR count). The van der Waals surface area contributed by atoms with E-state index in [0.29, 0.717) is 0 Å². The van der Waals surface area contributed by atoms with E-state index in [0.717, 1.165) is 49.2 Å². The highest BCUT2D eigenvalue weighted by atomic mass is 16.2. The number of amides is 2. The molecule has 2 aromatic rings. The number of hydrogen-bond acceptors (Lipinski definition) is 3. The van der Waals surface area contributed by atoms with Gasteiger partial charge in [0.15, 0.2) is 0 Å². The summed E-state index contributed by atoms with van der Waals surface area (Å²) >= 11 is 0. The summed E-state index contributed by atoms with van der Waals surface area (Å²) in [5.41, 5.74) is 3.03. The van der Waals surface area contributed by atoms with Crippen molar-refractivity contribution >= 4 is 23.2 Å². The molecule has 3 atom stereocenters. The first-order valence-electron chi connectivity index (χ1n) is 10.6. The molecule has 2 fully saturated rings. The van der Waals surface area contributed by atoms with E-state index in [2.05, 4.69) is 23.2 Å². The number of nitrogens with one attached hydrogen (secondary N) is 1. The van der Waals surface area contributed by atoms with Gasteiger partial charge in [0.2, 0.25) is 5.91 Å². The van der Waals surface area contributed by atoms with Gasteiger partial charge in [0.1, 0.15) is 5.54 Å². The first-order chi connectivity index (χ1) is 14.1. The first kappa shape index (κ1) is 18.4. The molecule has 2 amide bonds. The summed E-state index contributed by atoms with van der Waals surface area (Å²) in [5, 5.41) is 3.13. The Morgan fingerprint density at radius 3 is 2.86 bits per heavy atom. The summed E-state index contributed by atoms with van der Waals surface area (Å²) in [4.78, 5) is 31.3. The SMILES string of the molecule is CCc1cccc(NC(=O)C2CC3CCCN3C23C(=O)N(C)c2ccccc23)c1. The second-order valence-corrected chi connectivity index (χ2v) is 8.47. The van der Waals surface area contributed by atoms with Crippen LogP contribution in [0.15, 0.2) is 48.5 Å². The molecule has 1 N–H and O–H groups in total. The molecular weight excluding hydrogens is 362 g/mol. The van der Waals surface area contributed by atoms with E-state index in [-0.39, 0.29) is 17.9 Å². The minimum Gasteiger partial charge on any atom is -0.326 e. The number of likely N-dealkylation sites (N-methyl/N-ethyl adjacent to an activating group) is 1. The lowest BCUT2D eigenvalue weighted by molar-refractivity contribution is -0.136. The Labute approximate surface area is 171 Å². The Bertz CT molecular complexity index is 988. The molecule has 1 spiro atoms. The number of nitrogens with zero attached hydrogens (tertiary/aromatic N) is 2. The Hall–Kier alpha value is -2.66. The predicted molar refractivity (Wildman–Crippen MR) is 114 cm³/mol. The molecule has 2 aromatic carbocycles. The molecule has 5 heteroatoms. The summed E-state index contributed by atoms with van der Waals surface area (Å²) in [7, 11) is 1.83. The normalized spacial score (nSPS) is 28.1. The second kappa shape index (κ2) is 6.70. The van der Waals surface area contributed by atoms with Crippen LogP contribution in [0.1, 0.15) is 37.3 Å². The van der Waals surface area contributed by atoms with Gasteiger partial charge in [0.25, 0.3) is 5.91 Å². The number of fused-ring (bicyclic) bond motifs is 4. The third-order valence-electron chi connectivity index (χ3n) is 7.07. The van der Waals surface area contributed by atoms with Gasteiger partial charge in [-0.1, -0.05) is 37.3 Å². The maximum atomic E-state index is 13.7. The van der Waals surface area contributed by atoms with E-state index in [1.165, 1.54) is 5.56 Å². The Morgan fingerprint density at radius 2 is 2.03 bits per heavy atom. The lowest BCUT2D eigenvalue weighted by atomic mass is 9.78. The standard InChI is InChI=1S/C24H27N3O2/c1-3-16-8-6-9-17(14-16)25-22(28)20-15-18-10-7-13-27(18)24(20)19-11-4-5-12-21(19)26(2)23(24)29/h4-6,8-9,11-12,14,18,20H,3,7,10,13,15H2,1-2H3,(H,25,28). The van der Waals surface area contributed by atoms with Crippen molar-refractivity contribution in [1.82, 2.24) is 4.90 Å². The second-order valence-electron chi connectivity index (χ2n) is 8.47. The molecule has 0 aliphatic carbocycles. The highest BCUT2D eigenvalue weighted by molar-refractivity contribution is 6.11. The van der Waals surface area contributed by atoms with Gasteiger partial charge in [-0.2, -0.15) is 0 Å². The maximum Gasteiger partial charge on any atom is 0.252 e. The molecule has 0 aromatic heterocycles. The fourth-order valence-corrected chi connectivity index (χ4v) is 5.77. The van der Waals surface area contributed by atoms with Gasteiger partial charge in [-0.15, -0.1) is 0 Å². The van der Waals surface area contributed by atoms with Crippen LogP contribution in [0.4, 0.5) is 11.4 Å². The van der Waals surface area contributed by atoms with E-state index in [9.17, 15) is 9.59 Å². The van der Waals surface area contributed by atoms with Crippen molar-refractivity contribution in [3.63, 3.8) is 0 Å². The van der Waals surface area contributed by atoms with Crippen LogP contribution in [0.25, 0.3) is 0 Å². The van der Waals surface area contributed by atoms with Crippen LogP contribution >= 0.6 is 0 Å². The van der Waals surface area contributed by atoms with Crippen molar-refractivity contribution in [3.8, 4) is 0 Å². The lowest BCUT2D eigenvalue weighted by Crippen LogP contribution is -2.55. The zero-order chi connectivity index (χ0) is 20.2. The van der Waals surface area contributed by atoms with E-state index in [1.807, 2.05) is 49.5 Å². The van der Waals surface area contributed by atoms with Gasteiger partial charge in [0.05, 0.1) is 5.92 Å². The number of benzene rings is 2. The number of carbonyl (C=O) groups is 2. The predicted octanol–water partition coefficient (Wildman–Crippen LogP) is 3.54. The molecule has 2 saturated heterocycles. The zero-order valence-electron chi connectivity index (χ0n) is 17.0. The fraction of sp³-hybridized carbons (Fsp3) is 0.417. The van der Waals surface area contributed by atoms with Crippen molar-refractivity contribution in [3.05, 3.63) is 59.7 Å². The summed E-state index contributed by atoms with van der Waals surface area (Å²) < 4.78 is 0. The van der Waals surface area contributed by atoms with E-state index in [4.69, 9.17) is 0 Å². The first-order valence-corrected chi connectivity index (χ1v) is 10.6. The molecule has 0 radical (unpaired) electrons. The van der Waals surface area contributed by atoms with Crippen LogP contribution in [0.3, 0.4) is 0 Å². The molecule has 29 heavy (non-hydrogen) atoms. The topological polar surface area (TPSA) is 52.7 Å². The Balaban J connectivity index is 1.57. The minimum absolute atomic E-state index is 0.0329. The maximum absolute atomic E-state index is 13.7. The smallest absolute Gasteiger partial charge is 0.252 e. The molecular formula is C24H27N3O2. The molecule has 0 bridgehead atoms. The van der Waals surface area contributed by atoms with Gasteiger partial charge < -0.3 is 10.2 Å². The van der Waals surface area contributed by atoms with Gasteiger partial charge >= 0.3 is 0 Å². The number of aryl methyl sites for hydroxylation is 1. The van der Waals surface area contributed by atoms with Gasteiger partial charge in [0, 0.05) is 30.0 Å². The highest BCUT2D eigenvalue weighted by Gasteiger charge is 2.66. The van der Waals surface area contributed by atoms with Gasteiger partial charge in [-0.3, -0.25) is 14.5 Å². The average molecular weight is 389 g/mol. The van der Waals surface area contributed by atoms with Crippen LogP contribution in [0, 0.1) is 5.92 Å². The molecule has 150 valence electrons. The fourth-order valence-electron chi connectivity index (χ4n) is 5.77. The quantitative estimate of drug-likeness (QED) is 0.874. The van der Waals surface area contributed by atoms with Crippen LogP contribution in [0.5, 0.6) is 0 Å². The summed E-state index contributed by atoms with van der Waals surface area (Å²) in [6, 6.07) is 16.2. The lowest BCUT2D eigenvalue weighted by Gasteiger charge is -2.37. The third kappa shape index (κ3) is 2.50. The average Bonchev–Trinajstić information content (AvgIpc) is 3.38. The molecule has 5 nitrogen and oxygen atoms in total. The third-order valence-corrected chi connectivity index (χ3v) is 7.07. The zero-order valence-corrected chi connectivity index (χ0v) is 17.0. The van der Waals surface area contributed by atoms with Crippen molar-refractivity contribution in [2.45, 2.75) is 44.2 Å². The van der Waals surface area contributed by atoms with E-state index in [1.54, 1.807) is 4.90 Å². The monoisotopic (exact) mass is 389 g/mol. The number of carbonyl (C=O) groups excluding carboxylic acids is 2. The molecule has 3 aliphatic heterocycles. The number of anilines is 2. The van der Waals surface area contributed by atoms with Crippen molar-refractivity contribution in [2.24, 2.45) is 5.92 Å².